The van der Waals surface area contributed by atoms with Gasteiger partial charge >= 0.3 is 5.97 Å². The molecular formula is C11H15BrClNO4S2. The van der Waals surface area contributed by atoms with E-state index in [4.69, 9.17) is 16.3 Å². The van der Waals surface area contributed by atoms with Gasteiger partial charge in [0.05, 0.1) is 6.61 Å². The molecule has 1 rings (SSSR count). The third-order valence-corrected chi connectivity index (χ3v) is 6.77. The summed E-state index contributed by atoms with van der Waals surface area (Å²) in [5, 5.41) is 0. The topological polar surface area (TPSA) is 72.5 Å². The molecule has 0 radical (unpaired) electrons. The number of hydrogen-bond acceptors (Lipinski definition) is 5. The smallest absolute Gasteiger partial charge is 0.324 e. The van der Waals surface area contributed by atoms with Gasteiger partial charge in [0.15, 0.2) is 0 Å². The first-order valence-corrected chi connectivity index (χ1v) is 9.30. The highest BCUT2D eigenvalue weighted by atomic mass is 79.9. The third kappa shape index (κ3) is 4.42. The normalized spacial score (nSPS) is 13.5. The molecule has 0 saturated heterocycles. The van der Waals surface area contributed by atoms with Crippen molar-refractivity contribution in [3.05, 3.63) is 14.9 Å². The van der Waals surface area contributed by atoms with Crippen LogP contribution in [0.5, 0.6) is 0 Å². The molecule has 0 aliphatic rings. The van der Waals surface area contributed by atoms with Crippen molar-refractivity contribution in [2.24, 2.45) is 5.92 Å². The standard InChI is InChI=1S/C11H15BrClNO4S2/c1-4-18-11(15)9(6(2)3)14-20(16,17)8-5-7(12)10(13)19-8/h5-6,9,14H,4H2,1-3H3. The summed E-state index contributed by atoms with van der Waals surface area (Å²) in [6.45, 7) is 5.34. The number of nitrogens with one attached hydrogen (secondary N) is 1. The molecule has 1 N–H and O–H groups in total. The van der Waals surface area contributed by atoms with E-state index in [-0.39, 0.29) is 16.7 Å². The quantitative estimate of drug-likeness (QED) is 0.740. The summed E-state index contributed by atoms with van der Waals surface area (Å²) in [6, 6.07) is 0.470. The summed E-state index contributed by atoms with van der Waals surface area (Å²) in [7, 11) is -3.82. The second kappa shape index (κ2) is 7.22. The van der Waals surface area contributed by atoms with E-state index < -0.39 is 22.0 Å². The van der Waals surface area contributed by atoms with Gasteiger partial charge < -0.3 is 4.74 Å². The number of sulfonamides is 1. The molecule has 1 heterocycles. The fourth-order valence-corrected chi connectivity index (χ4v) is 5.02. The lowest BCUT2D eigenvalue weighted by Gasteiger charge is -2.19. The lowest BCUT2D eigenvalue weighted by atomic mass is 10.1. The van der Waals surface area contributed by atoms with Gasteiger partial charge in [0.2, 0.25) is 0 Å². The van der Waals surface area contributed by atoms with Crippen LogP contribution in [0.3, 0.4) is 0 Å². The van der Waals surface area contributed by atoms with Gasteiger partial charge in [-0.2, -0.15) is 4.72 Å². The second-order valence-electron chi connectivity index (χ2n) is 4.28. The molecule has 0 saturated carbocycles. The monoisotopic (exact) mass is 403 g/mol. The van der Waals surface area contributed by atoms with E-state index in [1.165, 1.54) is 6.07 Å². The molecule has 1 atom stereocenters. The summed E-state index contributed by atoms with van der Waals surface area (Å²) >= 11 is 9.90. The van der Waals surface area contributed by atoms with Crippen LogP contribution in [0.25, 0.3) is 0 Å². The predicted octanol–water partition coefficient (Wildman–Crippen LogP) is 3.03. The summed E-state index contributed by atoms with van der Waals surface area (Å²) in [4.78, 5) is 11.8. The number of esters is 1. The van der Waals surface area contributed by atoms with Crippen molar-refractivity contribution in [1.29, 1.82) is 0 Å². The average molecular weight is 405 g/mol. The van der Waals surface area contributed by atoms with Gasteiger partial charge in [0.1, 0.15) is 14.6 Å². The van der Waals surface area contributed by atoms with Crippen molar-refractivity contribution in [2.75, 3.05) is 6.61 Å². The molecule has 0 bridgehead atoms. The Bertz CT molecular complexity index is 566. The van der Waals surface area contributed by atoms with Crippen LogP contribution in [0.1, 0.15) is 20.8 Å². The zero-order chi connectivity index (χ0) is 15.5. The summed E-state index contributed by atoms with van der Waals surface area (Å²) in [5.74, 6) is -0.824. The highest BCUT2D eigenvalue weighted by Gasteiger charge is 2.30. The van der Waals surface area contributed by atoms with Gasteiger partial charge in [-0.25, -0.2) is 8.42 Å². The van der Waals surface area contributed by atoms with E-state index in [0.717, 1.165) is 11.3 Å². The van der Waals surface area contributed by atoms with Gasteiger partial charge in [-0.15, -0.1) is 11.3 Å². The molecule has 0 amide bonds. The Labute approximate surface area is 135 Å². The van der Waals surface area contributed by atoms with Crippen LogP contribution in [-0.4, -0.2) is 27.0 Å². The highest BCUT2D eigenvalue weighted by Crippen LogP contribution is 2.34. The predicted molar refractivity (Wildman–Crippen MR) is 82.6 cm³/mol. The first-order valence-electron chi connectivity index (χ1n) is 5.82. The number of hydrogen-bond donors (Lipinski definition) is 1. The first kappa shape index (κ1) is 17.9. The third-order valence-electron chi connectivity index (χ3n) is 2.38. The minimum atomic E-state index is -3.82. The molecule has 20 heavy (non-hydrogen) atoms. The van der Waals surface area contributed by atoms with Crippen LogP contribution in [-0.2, 0) is 19.6 Å². The van der Waals surface area contributed by atoms with E-state index >= 15 is 0 Å². The number of carbonyl (C=O) groups excluding carboxylic acids is 1. The Balaban J connectivity index is 3.00. The van der Waals surface area contributed by atoms with Crippen LogP contribution in [0.2, 0.25) is 4.34 Å². The second-order valence-corrected chi connectivity index (χ2v) is 8.73. The Morgan fingerprint density at radius 3 is 2.55 bits per heavy atom. The van der Waals surface area contributed by atoms with Crippen LogP contribution in [0.4, 0.5) is 0 Å². The average Bonchev–Trinajstić information content (AvgIpc) is 2.67. The largest absolute Gasteiger partial charge is 0.465 e. The minimum Gasteiger partial charge on any atom is -0.465 e. The van der Waals surface area contributed by atoms with Gasteiger partial charge in [0.25, 0.3) is 10.0 Å². The molecule has 9 heteroatoms. The van der Waals surface area contributed by atoms with E-state index in [2.05, 4.69) is 20.7 Å². The van der Waals surface area contributed by atoms with Crippen molar-refractivity contribution < 1.29 is 17.9 Å². The van der Waals surface area contributed by atoms with E-state index in [9.17, 15) is 13.2 Å². The van der Waals surface area contributed by atoms with Gasteiger partial charge in [-0.3, -0.25) is 4.79 Å². The molecule has 0 spiro atoms. The molecule has 114 valence electrons. The highest BCUT2D eigenvalue weighted by molar-refractivity contribution is 9.10. The Morgan fingerprint density at radius 2 is 2.15 bits per heavy atom. The van der Waals surface area contributed by atoms with Crippen molar-refractivity contribution in [1.82, 2.24) is 4.72 Å². The van der Waals surface area contributed by atoms with Gasteiger partial charge in [-0.1, -0.05) is 25.4 Å². The van der Waals surface area contributed by atoms with E-state index in [1.54, 1.807) is 20.8 Å². The zero-order valence-electron chi connectivity index (χ0n) is 11.1. The Hall–Kier alpha value is -0.150. The Kier molecular flexibility index (Phi) is 6.46. The molecule has 0 aliphatic heterocycles. The summed E-state index contributed by atoms with van der Waals surface area (Å²) < 4.78 is 32.6. The molecule has 0 aliphatic carbocycles. The number of rotatable bonds is 6. The van der Waals surface area contributed by atoms with Crippen LogP contribution in [0, 0.1) is 5.92 Å². The van der Waals surface area contributed by atoms with Crippen molar-refractivity contribution in [3.8, 4) is 0 Å². The zero-order valence-corrected chi connectivity index (χ0v) is 15.1. The first-order chi connectivity index (χ1) is 9.19. The summed E-state index contributed by atoms with van der Waals surface area (Å²) in [5.41, 5.74) is 0. The lowest BCUT2D eigenvalue weighted by Crippen LogP contribution is -2.45. The van der Waals surface area contributed by atoms with Crippen molar-refractivity contribution in [2.45, 2.75) is 31.0 Å². The van der Waals surface area contributed by atoms with Gasteiger partial charge in [-0.05, 0) is 34.8 Å². The summed E-state index contributed by atoms with van der Waals surface area (Å²) in [6.07, 6.45) is 0. The van der Waals surface area contributed by atoms with E-state index in [1.807, 2.05) is 0 Å². The van der Waals surface area contributed by atoms with Crippen LogP contribution in [0.15, 0.2) is 14.7 Å². The fourth-order valence-electron chi connectivity index (χ4n) is 1.37. The number of ether oxygens (including phenoxy) is 1. The maximum Gasteiger partial charge on any atom is 0.324 e. The van der Waals surface area contributed by atoms with Gasteiger partial charge in [0, 0.05) is 4.47 Å². The van der Waals surface area contributed by atoms with Crippen LogP contribution < -0.4 is 4.72 Å². The molecule has 1 aromatic rings. The lowest BCUT2D eigenvalue weighted by molar-refractivity contribution is -0.146. The fraction of sp³-hybridized carbons (Fsp3) is 0.545. The SMILES string of the molecule is CCOC(=O)C(NS(=O)(=O)c1cc(Br)c(Cl)s1)C(C)C. The molecule has 1 aromatic heterocycles. The molecule has 5 nitrogen and oxygen atoms in total. The molecule has 0 fully saturated rings. The maximum atomic E-state index is 12.2. The van der Waals surface area contributed by atoms with Crippen LogP contribution >= 0.6 is 38.9 Å². The molecule has 1 unspecified atom stereocenters. The number of halogens is 2. The number of carbonyl (C=O) groups is 1. The number of thiophene rings is 1. The molecule has 0 aromatic carbocycles. The Morgan fingerprint density at radius 1 is 1.55 bits per heavy atom. The molecular weight excluding hydrogens is 390 g/mol. The minimum absolute atomic E-state index is 0.0457. The maximum absolute atomic E-state index is 12.2. The van der Waals surface area contributed by atoms with E-state index in [0.29, 0.717) is 8.81 Å². The van der Waals surface area contributed by atoms with Crippen molar-refractivity contribution >= 4 is 54.9 Å². The van der Waals surface area contributed by atoms with Crippen molar-refractivity contribution in [3.63, 3.8) is 0 Å².